The van der Waals surface area contributed by atoms with Crippen LogP contribution in [0.25, 0.3) is 0 Å². The first-order valence-electron chi connectivity index (χ1n) is 8.83. The van der Waals surface area contributed by atoms with Gasteiger partial charge < -0.3 is 19.3 Å². The third kappa shape index (κ3) is 16.3. The van der Waals surface area contributed by atoms with Crippen LogP contribution < -0.4 is 0 Å². The van der Waals surface area contributed by atoms with Crippen molar-refractivity contribution in [2.24, 2.45) is 0 Å². The number of hydrogen-bond donors (Lipinski definition) is 2. The first-order chi connectivity index (χ1) is 11.8. The molecule has 0 rings (SSSR count). The van der Waals surface area contributed by atoms with Crippen molar-refractivity contribution < 1.29 is 37.9 Å². The van der Waals surface area contributed by atoms with E-state index in [0.717, 1.165) is 32.1 Å². The predicted octanol–water partition coefficient (Wildman–Crippen LogP) is 3.10. The van der Waals surface area contributed by atoms with Crippen molar-refractivity contribution in [1.82, 2.24) is 0 Å². The molecule has 8 nitrogen and oxygen atoms in total. The van der Waals surface area contributed by atoms with Gasteiger partial charge in [-0.15, -0.1) is 0 Å². The van der Waals surface area contributed by atoms with Crippen LogP contribution in [0.1, 0.15) is 71.6 Å². The lowest BCUT2D eigenvalue weighted by molar-refractivity contribution is -0.161. The normalized spacial score (nSPS) is 12.6. The summed E-state index contributed by atoms with van der Waals surface area (Å²) in [6.07, 6.45) is 5.67. The minimum atomic E-state index is -4.69. The Morgan fingerprint density at radius 1 is 0.880 bits per heavy atom. The summed E-state index contributed by atoms with van der Waals surface area (Å²) in [4.78, 5) is 40.9. The van der Waals surface area contributed by atoms with Gasteiger partial charge in [0.1, 0.15) is 6.61 Å². The summed E-state index contributed by atoms with van der Waals surface area (Å²) in [6, 6.07) is 0. The second-order valence-corrected chi connectivity index (χ2v) is 7.09. The molecule has 0 bridgehead atoms. The number of esters is 2. The Bertz CT molecular complexity index is 420. The molecule has 0 spiro atoms. The molecule has 0 amide bonds. The number of unbranched alkanes of at least 4 members (excludes halogenated alkanes) is 5. The zero-order valence-electron chi connectivity index (χ0n) is 15.1. The van der Waals surface area contributed by atoms with Gasteiger partial charge in [0, 0.05) is 12.8 Å². The zero-order valence-corrected chi connectivity index (χ0v) is 16.0. The molecular formula is C16H31O8P. The lowest BCUT2D eigenvalue weighted by Gasteiger charge is -2.18. The first-order valence-corrected chi connectivity index (χ1v) is 10.4. The van der Waals surface area contributed by atoms with Crippen LogP contribution in [-0.4, -0.2) is 41.0 Å². The van der Waals surface area contributed by atoms with E-state index < -0.39 is 32.5 Å². The maximum Gasteiger partial charge on any atom is 0.469 e. The number of carbonyl (C=O) groups excluding carboxylic acids is 2. The second-order valence-electron chi connectivity index (χ2n) is 5.85. The molecular weight excluding hydrogens is 351 g/mol. The molecule has 0 fully saturated rings. The van der Waals surface area contributed by atoms with Crippen molar-refractivity contribution in [2.45, 2.75) is 77.7 Å². The molecule has 0 radical (unpaired) electrons. The molecule has 0 unspecified atom stereocenters. The van der Waals surface area contributed by atoms with E-state index in [1.807, 2.05) is 6.92 Å². The van der Waals surface area contributed by atoms with Gasteiger partial charge in [0.05, 0.1) is 6.61 Å². The van der Waals surface area contributed by atoms with E-state index in [0.29, 0.717) is 12.8 Å². The fraction of sp³-hybridized carbons (Fsp3) is 0.875. The Labute approximate surface area is 149 Å². The minimum Gasteiger partial charge on any atom is -0.462 e. The van der Waals surface area contributed by atoms with E-state index in [1.54, 1.807) is 0 Å². The Kier molecular flexibility index (Phi) is 13.7. The topological polar surface area (TPSA) is 119 Å². The molecule has 148 valence electrons. The van der Waals surface area contributed by atoms with Crippen molar-refractivity contribution in [3.63, 3.8) is 0 Å². The summed E-state index contributed by atoms with van der Waals surface area (Å²) in [6.45, 7) is 3.25. The van der Waals surface area contributed by atoms with E-state index >= 15 is 0 Å². The number of ether oxygens (including phenoxy) is 2. The highest BCUT2D eigenvalue weighted by atomic mass is 31.2. The lowest BCUT2D eigenvalue weighted by atomic mass is 10.2. The highest BCUT2D eigenvalue weighted by Crippen LogP contribution is 2.35. The Balaban J connectivity index is 4.30. The van der Waals surface area contributed by atoms with Gasteiger partial charge in [-0.3, -0.25) is 14.1 Å². The van der Waals surface area contributed by atoms with E-state index in [-0.39, 0.29) is 19.4 Å². The summed E-state index contributed by atoms with van der Waals surface area (Å²) >= 11 is 0. The number of rotatable bonds is 15. The van der Waals surface area contributed by atoms with Crippen molar-refractivity contribution in [3.8, 4) is 0 Å². The Morgan fingerprint density at radius 2 is 1.44 bits per heavy atom. The van der Waals surface area contributed by atoms with Crippen LogP contribution in [-0.2, 0) is 28.2 Å². The first kappa shape index (κ1) is 24.1. The quantitative estimate of drug-likeness (QED) is 0.252. The third-order valence-electron chi connectivity index (χ3n) is 3.38. The fourth-order valence-electron chi connectivity index (χ4n) is 2.01. The smallest absolute Gasteiger partial charge is 0.462 e. The monoisotopic (exact) mass is 382 g/mol. The molecule has 9 heteroatoms. The SMILES string of the molecule is CCCCCCC(=O)OC[C@@H](COP(=O)(O)O)OC(=O)CCCCC. The minimum absolute atomic E-state index is 0.200. The maximum atomic E-state index is 11.7. The average Bonchev–Trinajstić information content (AvgIpc) is 2.53. The predicted molar refractivity (Wildman–Crippen MR) is 91.7 cm³/mol. The third-order valence-corrected chi connectivity index (χ3v) is 3.86. The number of phosphoric acid groups is 1. The molecule has 1 atom stereocenters. The summed E-state index contributed by atoms with van der Waals surface area (Å²) in [5.74, 6) is -0.939. The molecule has 25 heavy (non-hydrogen) atoms. The molecule has 2 N–H and O–H groups in total. The van der Waals surface area contributed by atoms with Gasteiger partial charge in [0.15, 0.2) is 6.10 Å². The van der Waals surface area contributed by atoms with Gasteiger partial charge in [0.25, 0.3) is 0 Å². The fourth-order valence-corrected chi connectivity index (χ4v) is 2.38. The molecule has 0 saturated heterocycles. The van der Waals surface area contributed by atoms with Crippen molar-refractivity contribution in [3.05, 3.63) is 0 Å². The Morgan fingerprint density at radius 3 is 2.04 bits per heavy atom. The summed E-state index contributed by atoms with van der Waals surface area (Å²) < 4.78 is 25.3. The molecule has 0 aromatic heterocycles. The van der Waals surface area contributed by atoms with Crippen molar-refractivity contribution in [1.29, 1.82) is 0 Å². The van der Waals surface area contributed by atoms with E-state index in [4.69, 9.17) is 19.3 Å². The van der Waals surface area contributed by atoms with Crippen LogP contribution in [0.2, 0.25) is 0 Å². The highest BCUT2D eigenvalue weighted by Gasteiger charge is 2.22. The van der Waals surface area contributed by atoms with Crippen LogP contribution in [0.5, 0.6) is 0 Å². The van der Waals surface area contributed by atoms with Crippen LogP contribution in [0.15, 0.2) is 0 Å². The van der Waals surface area contributed by atoms with Crippen LogP contribution in [0, 0.1) is 0 Å². The molecule has 0 heterocycles. The molecule has 0 aromatic carbocycles. The van der Waals surface area contributed by atoms with Gasteiger partial charge in [-0.05, 0) is 12.8 Å². The second kappa shape index (κ2) is 14.2. The van der Waals surface area contributed by atoms with E-state index in [1.165, 1.54) is 0 Å². The van der Waals surface area contributed by atoms with Crippen LogP contribution >= 0.6 is 7.82 Å². The van der Waals surface area contributed by atoms with Gasteiger partial charge >= 0.3 is 19.8 Å². The van der Waals surface area contributed by atoms with Gasteiger partial charge in [-0.2, -0.15) is 0 Å². The van der Waals surface area contributed by atoms with E-state index in [2.05, 4.69) is 11.4 Å². The zero-order chi connectivity index (χ0) is 19.1. The summed E-state index contributed by atoms with van der Waals surface area (Å²) in [7, 11) is -4.69. The average molecular weight is 382 g/mol. The Hall–Kier alpha value is -0.950. The maximum absolute atomic E-state index is 11.7. The lowest BCUT2D eigenvalue weighted by Crippen LogP contribution is -2.29. The highest BCUT2D eigenvalue weighted by molar-refractivity contribution is 7.46. The number of phosphoric ester groups is 1. The van der Waals surface area contributed by atoms with Crippen LogP contribution in [0.3, 0.4) is 0 Å². The van der Waals surface area contributed by atoms with Gasteiger partial charge in [-0.1, -0.05) is 46.0 Å². The standard InChI is InChI=1S/C16H31O8P/c1-3-5-7-9-10-15(17)22-12-14(13-23-25(19,20)21)24-16(18)11-8-6-4-2/h14H,3-13H2,1-2H3,(H2,19,20,21)/t14-/m0/s1. The van der Waals surface area contributed by atoms with Crippen molar-refractivity contribution in [2.75, 3.05) is 13.2 Å². The van der Waals surface area contributed by atoms with E-state index in [9.17, 15) is 14.2 Å². The van der Waals surface area contributed by atoms with Crippen LogP contribution in [0.4, 0.5) is 0 Å². The van der Waals surface area contributed by atoms with Gasteiger partial charge in [0.2, 0.25) is 0 Å². The van der Waals surface area contributed by atoms with Gasteiger partial charge in [-0.25, -0.2) is 4.57 Å². The number of carbonyl (C=O) groups is 2. The molecule has 0 aromatic rings. The summed E-state index contributed by atoms with van der Waals surface area (Å²) in [5, 5.41) is 0. The molecule has 0 saturated carbocycles. The van der Waals surface area contributed by atoms with Crippen molar-refractivity contribution >= 4 is 19.8 Å². The summed E-state index contributed by atoms with van der Waals surface area (Å²) in [5.41, 5.74) is 0. The molecule has 0 aliphatic carbocycles. The largest absolute Gasteiger partial charge is 0.469 e. The molecule has 0 aliphatic heterocycles. The number of hydrogen-bond acceptors (Lipinski definition) is 6. The molecule has 0 aliphatic rings.